The van der Waals surface area contributed by atoms with Gasteiger partial charge in [0.05, 0.1) is 12.2 Å². The Labute approximate surface area is 287 Å². The molecule has 1 aliphatic carbocycles. The van der Waals surface area contributed by atoms with Gasteiger partial charge in [0.25, 0.3) is 0 Å². The Hall–Kier alpha value is -5.54. The van der Waals surface area contributed by atoms with Crippen LogP contribution in [-0.2, 0) is 5.41 Å². The van der Waals surface area contributed by atoms with E-state index in [1.54, 1.807) is 0 Å². The fourth-order valence-electron chi connectivity index (χ4n) is 8.17. The Balaban J connectivity index is 1.20. The summed E-state index contributed by atoms with van der Waals surface area (Å²) in [6, 6.07) is 54.8. The van der Waals surface area contributed by atoms with Crippen molar-refractivity contribution in [3.05, 3.63) is 186 Å². The summed E-state index contributed by atoms with van der Waals surface area (Å²) in [4.78, 5) is 0. The molecule has 1 aliphatic rings. The Morgan fingerprint density at radius 3 is 1.82 bits per heavy atom. The van der Waals surface area contributed by atoms with Crippen molar-refractivity contribution in [2.24, 2.45) is 5.73 Å². The highest BCUT2D eigenvalue weighted by Gasteiger charge is 2.36. The lowest BCUT2D eigenvalue weighted by atomic mass is 9.81. The highest BCUT2D eigenvalue weighted by Crippen LogP contribution is 2.51. The maximum absolute atomic E-state index is 6.88. The van der Waals surface area contributed by atoms with Crippen molar-refractivity contribution in [2.75, 3.05) is 0 Å². The molecule has 0 heterocycles. The molecule has 49 heavy (non-hydrogen) atoms. The van der Waals surface area contributed by atoms with Crippen LogP contribution in [0.15, 0.2) is 158 Å². The van der Waals surface area contributed by atoms with Gasteiger partial charge < -0.3 is 5.73 Å². The van der Waals surface area contributed by atoms with Gasteiger partial charge in [0, 0.05) is 5.41 Å². The topological polar surface area (TPSA) is 38.0 Å². The van der Waals surface area contributed by atoms with Crippen LogP contribution >= 0.6 is 0 Å². The number of hydrogen-bond acceptors (Lipinski definition) is 2. The van der Waals surface area contributed by atoms with Gasteiger partial charge in [0.2, 0.25) is 0 Å². The maximum Gasteiger partial charge on any atom is 0.0817 e. The summed E-state index contributed by atoms with van der Waals surface area (Å²) in [5.41, 5.74) is 15.6. The summed E-state index contributed by atoms with van der Waals surface area (Å²) < 4.78 is 0. The molecular formula is C47H38N2. The molecule has 8 aromatic rings. The fourth-order valence-corrected chi connectivity index (χ4v) is 8.17. The molecule has 2 atom stereocenters. The van der Waals surface area contributed by atoms with Crippen molar-refractivity contribution < 1.29 is 0 Å². The number of rotatable bonds is 6. The van der Waals surface area contributed by atoms with Crippen LogP contribution in [0.5, 0.6) is 0 Å². The Morgan fingerprint density at radius 2 is 1.12 bits per heavy atom. The van der Waals surface area contributed by atoms with Gasteiger partial charge in [-0.1, -0.05) is 159 Å². The van der Waals surface area contributed by atoms with E-state index >= 15 is 0 Å². The average molecular weight is 631 g/mol. The van der Waals surface area contributed by atoms with Crippen LogP contribution in [0.2, 0.25) is 0 Å². The van der Waals surface area contributed by atoms with Crippen LogP contribution in [0.1, 0.15) is 53.9 Å². The van der Waals surface area contributed by atoms with Gasteiger partial charge in [-0.25, -0.2) is 0 Å². The largest absolute Gasteiger partial charge is 0.312 e. The molecule has 0 aliphatic heterocycles. The van der Waals surface area contributed by atoms with Crippen LogP contribution in [-0.4, -0.2) is 0 Å². The van der Waals surface area contributed by atoms with Gasteiger partial charge in [-0.3, -0.25) is 5.32 Å². The highest BCUT2D eigenvalue weighted by molar-refractivity contribution is 6.25. The number of benzene rings is 8. The van der Waals surface area contributed by atoms with Crippen molar-refractivity contribution in [1.82, 2.24) is 5.32 Å². The normalized spacial score (nSPS) is 14.8. The summed E-state index contributed by atoms with van der Waals surface area (Å²) in [5, 5.41) is 14.0. The third kappa shape index (κ3) is 4.87. The van der Waals surface area contributed by atoms with Crippen molar-refractivity contribution in [3.63, 3.8) is 0 Å². The first-order valence-corrected chi connectivity index (χ1v) is 17.2. The van der Waals surface area contributed by atoms with Crippen molar-refractivity contribution in [2.45, 2.75) is 31.5 Å². The summed E-state index contributed by atoms with van der Waals surface area (Å²) in [6.45, 7) is 4.71. The molecular weight excluding hydrogens is 593 g/mol. The molecule has 2 unspecified atom stereocenters. The van der Waals surface area contributed by atoms with Crippen LogP contribution in [0.25, 0.3) is 60.3 Å². The first-order chi connectivity index (χ1) is 24.0. The average Bonchev–Trinajstić information content (AvgIpc) is 3.38. The second-order valence-corrected chi connectivity index (χ2v) is 13.9. The molecule has 0 saturated heterocycles. The van der Waals surface area contributed by atoms with Gasteiger partial charge in [-0.15, -0.1) is 0 Å². The zero-order valence-corrected chi connectivity index (χ0v) is 27.8. The Bertz CT molecular complexity index is 2540. The van der Waals surface area contributed by atoms with Gasteiger partial charge in [-0.05, 0) is 100 Å². The molecule has 2 heteroatoms. The minimum absolute atomic E-state index is 0.0892. The first-order valence-electron chi connectivity index (χ1n) is 17.2. The Morgan fingerprint density at radius 1 is 0.531 bits per heavy atom. The van der Waals surface area contributed by atoms with Crippen molar-refractivity contribution in [1.29, 1.82) is 0 Å². The lowest BCUT2D eigenvalue weighted by Crippen LogP contribution is -2.31. The van der Waals surface area contributed by atoms with E-state index in [4.69, 9.17) is 5.73 Å². The standard InChI is InChI=1S/C47H38N2/c1-47(2)42-22-12-17-30(45(42)41-27-32-15-6-7-16-33(32)29-43(41)47)24-26-44(49-46(48)31-13-4-3-5-14-31)34-23-25-39-37-20-9-8-18-35(37)36-19-10-11-21-38(36)40(39)28-34/h3-29,44,46,49H,48H2,1-2H3/b26-24+. The molecule has 0 amide bonds. The van der Waals surface area contributed by atoms with Gasteiger partial charge >= 0.3 is 0 Å². The quantitative estimate of drug-likeness (QED) is 0.142. The molecule has 9 rings (SSSR count). The van der Waals surface area contributed by atoms with Gasteiger partial charge in [0.1, 0.15) is 0 Å². The zero-order valence-electron chi connectivity index (χ0n) is 27.8. The minimum atomic E-state index is -0.340. The van der Waals surface area contributed by atoms with E-state index in [9.17, 15) is 0 Å². The predicted octanol–water partition coefficient (Wildman–Crippen LogP) is 11.6. The van der Waals surface area contributed by atoms with E-state index in [2.05, 4.69) is 165 Å². The molecule has 0 spiro atoms. The molecule has 0 saturated carbocycles. The van der Waals surface area contributed by atoms with Crippen LogP contribution in [0.3, 0.4) is 0 Å². The van der Waals surface area contributed by atoms with Crippen molar-refractivity contribution >= 4 is 49.2 Å². The van der Waals surface area contributed by atoms with Crippen LogP contribution in [0.4, 0.5) is 0 Å². The van der Waals surface area contributed by atoms with E-state index in [0.29, 0.717) is 0 Å². The molecule has 0 radical (unpaired) electrons. The molecule has 3 N–H and O–H groups in total. The monoisotopic (exact) mass is 630 g/mol. The number of hydrogen-bond donors (Lipinski definition) is 2. The smallest absolute Gasteiger partial charge is 0.0817 e. The first kappa shape index (κ1) is 29.6. The third-order valence-electron chi connectivity index (χ3n) is 10.7. The van der Waals surface area contributed by atoms with E-state index in [1.807, 2.05) is 18.2 Å². The molecule has 8 aromatic carbocycles. The van der Waals surface area contributed by atoms with E-state index in [-0.39, 0.29) is 17.6 Å². The second kappa shape index (κ2) is 11.6. The lowest BCUT2D eigenvalue weighted by Gasteiger charge is -2.23. The molecule has 2 nitrogen and oxygen atoms in total. The van der Waals surface area contributed by atoms with Gasteiger partial charge in [0.15, 0.2) is 0 Å². The van der Waals surface area contributed by atoms with E-state index in [1.165, 1.54) is 76.5 Å². The minimum Gasteiger partial charge on any atom is -0.312 e. The molecule has 0 fully saturated rings. The summed E-state index contributed by atoms with van der Waals surface area (Å²) in [6.07, 6.45) is 4.26. The number of fused-ring (bicyclic) bond motifs is 10. The summed E-state index contributed by atoms with van der Waals surface area (Å²) >= 11 is 0. The summed E-state index contributed by atoms with van der Waals surface area (Å²) in [7, 11) is 0. The molecule has 0 aromatic heterocycles. The maximum atomic E-state index is 6.88. The van der Waals surface area contributed by atoms with Crippen molar-refractivity contribution in [3.8, 4) is 11.1 Å². The van der Waals surface area contributed by atoms with Gasteiger partial charge in [-0.2, -0.15) is 0 Å². The molecule has 0 bridgehead atoms. The lowest BCUT2D eigenvalue weighted by molar-refractivity contribution is 0.509. The number of nitrogens with two attached hydrogens (primary N) is 1. The third-order valence-corrected chi connectivity index (χ3v) is 10.7. The second-order valence-electron chi connectivity index (χ2n) is 13.9. The molecule has 236 valence electrons. The van der Waals surface area contributed by atoms with Crippen LogP contribution in [0, 0.1) is 0 Å². The fraction of sp³-hybridized carbons (Fsp3) is 0.106. The van der Waals surface area contributed by atoms with E-state index < -0.39 is 0 Å². The Kier molecular flexibility index (Phi) is 6.98. The van der Waals surface area contributed by atoms with Crippen LogP contribution < -0.4 is 11.1 Å². The highest BCUT2D eigenvalue weighted by atomic mass is 15.0. The number of nitrogens with one attached hydrogen (secondary N) is 1. The summed E-state index contributed by atoms with van der Waals surface area (Å²) in [5.74, 6) is 0. The SMILES string of the molecule is CC1(C)c2cc3ccccc3cc2-c2c(/C=C/C(NC(N)c3ccccc3)c3ccc4c5ccccc5c5ccccc5c4c3)cccc21. The zero-order chi connectivity index (χ0) is 33.1. The predicted molar refractivity (Wildman–Crippen MR) is 209 cm³/mol. The van der Waals surface area contributed by atoms with E-state index in [0.717, 1.165) is 5.56 Å².